The lowest BCUT2D eigenvalue weighted by atomic mass is 9.88. The number of carbonyl (C=O) groups excluding carboxylic acids is 2. The number of nitrogens with one attached hydrogen (secondary N) is 4. The second kappa shape index (κ2) is 14.6. The van der Waals surface area contributed by atoms with E-state index in [4.69, 9.17) is 21.7 Å². The fraction of sp³-hybridized carbons (Fsp3) is 0.429. The number of ether oxygens (including phenoxy) is 1. The lowest BCUT2D eigenvalue weighted by molar-refractivity contribution is -0.213. The molecule has 0 spiro atoms. The summed E-state index contributed by atoms with van der Waals surface area (Å²) in [5.74, 6) is -1.28. The van der Waals surface area contributed by atoms with Crippen LogP contribution in [-0.2, 0) is 4.74 Å². The Balaban J connectivity index is 1.35. The summed E-state index contributed by atoms with van der Waals surface area (Å²) in [6.07, 6.45) is -5.05. The highest BCUT2D eigenvalue weighted by molar-refractivity contribution is 6.33. The fourth-order valence-electron chi connectivity index (χ4n) is 5.67. The van der Waals surface area contributed by atoms with Gasteiger partial charge in [0.25, 0.3) is 5.91 Å². The fourth-order valence-corrected chi connectivity index (χ4v) is 5.87. The third-order valence-corrected chi connectivity index (χ3v) is 9.95. The number of nitrogens with zero attached hydrogens (tertiary/aromatic N) is 5. The van der Waals surface area contributed by atoms with Gasteiger partial charge in [0.05, 0.1) is 28.7 Å². The van der Waals surface area contributed by atoms with E-state index < -0.39 is 66.9 Å². The molecule has 288 valence electrons. The van der Waals surface area contributed by atoms with Gasteiger partial charge in [0.15, 0.2) is 11.8 Å². The smallest absolute Gasteiger partial charge is 0.411 e. The van der Waals surface area contributed by atoms with Crippen molar-refractivity contribution in [3.63, 3.8) is 0 Å². The van der Waals surface area contributed by atoms with Crippen LogP contribution in [0, 0.1) is 10.8 Å². The summed E-state index contributed by atoms with van der Waals surface area (Å²) in [6, 6.07) is 9.59. The van der Waals surface area contributed by atoms with Crippen molar-refractivity contribution < 1.29 is 40.7 Å². The van der Waals surface area contributed by atoms with Crippen molar-refractivity contribution in [1.82, 2.24) is 40.5 Å². The van der Waals surface area contributed by atoms with Crippen LogP contribution in [0.25, 0.3) is 22.5 Å². The first-order valence-corrected chi connectivity index (χ1v) is 17.3. The van der Waals surface area contributed by atoms with E-state index in [0.717, 1.165) is 42.7 Å². The van der Waals surface area contributed by atoms with Gasteiger partial charge in [-0.25, -0.2) is 9.78 Å². The number of benzene rings is 2. The van der Waals surface area contributed by atoms with Crippen LogP contribution >= 0.6 is 11.6 Å². The van der Waals surface area contributed by atoms with Crippen molar-refractivity contribution in [2.24, 2.45) is 5.41 Å². The summed E-state index contributed by atoms with van der Waals surface area (Å²) in [4.78, 5) is 32.3. The zero-order valence-electron chi connectivity index (χ0n) is 29.0. The lowest BCUT2D eigenvalue weighted by Crippen LogP contribution is -2.50. The average Bonchev–Trinajstić information content (AvgIpc) is 4.00. The van der Waals surface area contributed by atoms with Crippen LogP contribution < -0.4 is 10.6 Å². The molecule has 0 radical (unpaired) electrons. The minimum atomic E-state index is -4.74. The molecule has 4 aromatic rings. The highest BCUT2D eigenvalue weighted by Crippen LogP contribution is 2.49. The second-order valence-electron chi connectivity index (χ2n) is 14.0. The summed E-state index contributed by atoms with van der Waals surface area (Å²) in [7, 11) is 0. The van der Waals surface area contributed by atoms with E-state index in [9.17, 15) is 35.9 Å². The van der Waals surface area contributed by atoms with E-state index in [1.807, 2.05) is 16.2 Å². The predicted molar refractivity (Wildman–Crippen MR) is 184 cm³/mol. The molecule has 2 aromatic carbocycles. The topological polar surface area (TPSA) is 154 Å². The van der Waals surface area contributed by atoms with Gasteiger partial charge in [-0.2, -0.15) is 36.5 Å². The minimum absolute atomic E-state index is 0.0448. The van der Waals surface area contributed by atoms with Gasteiger partial charge in [-0.3, -0.25) is 24.9 Å². The van der Waals surface area contributed by atoms with Gasteiger partial charge in [-0.05, 0) is 67.5 Å². The molecule has 6 rings (SSSR count). The van der Waals surface area contributed by atoms with Gasteiger partial charge in [0.2, 0.25) is 0 Å². The molecule has 2 heterocycles. The molecule has 2 fully saturated rings. The summed E-state index contributed by atoms with van der Waals surface area (Å²) >= 11 is 6.46. The van der Waals surface area contributed by atoms with Crippen LogP contribution in [0.15, 0.2) is 61.2 Å². The normalized spacial score (nSPS) is 16.0. The number of alkyl carbamates (subject to hydrolysis) is 1. The molecular formula is C35H36ClF6N9O3. The van der Waals surface area contributed by atoms with Gasteiger partial charge in [0, 0.05) is 29.4 Å². The van der Waals surface area contributed by atoms with Gasteiger partial charge >= 0.3 is 18.4 Å². The maximum Gasteiger partial charge on any atom is 0.411 e. The van der Waals surface area contributed by atoms with E-state index in [2.05, 4.69) is 25.6 Å². The number of aromatic nitrogens is 5. The molecule has 2 aliphatic rings. The number of hydrogen-bond donors (Lipinski definition) is 4. The Bertz CT molecular complexity index is 1990. The Labute approximate surface area is 310 Å². The zero-order valence-corrected chi connectivity index (χ0v) is 29.7. The number of aromatic amines is 1. The van der Waals surface area contributed by atoms with Crippen molar-refractivity contribution >= 4 is 29.6 Å². The number of H-pyrrole nitrogens is 1. The van der Waals surface area contributed by atoms with Crippen molar-refractivity contribution in [2.75, 3.05) is 13.2 Å². The number of carbonyl (C=O) groups is 2. The van der Waals surface area contributed by atoms with Crippen LogP contribution in [0.5, 0.6) is 0 Å². The van der Waals surface area contributed by atoms with Crippen LogP contribution in [0.2, 0.25) is 5.02 Å². The van der Waals surface area contributed by atoms with E-state index in [0.29, 0.717) is 6.04 Å². The Morgan fingerprint density at radius 2 is 1.80 bits per heavy atom. The molecule has 0 unspecified atom stereocenters. The SMILES string of the molecule is CC(C)(CCNC(=N)N(C(=O)c1ccc(-c2cnn(C3CC3)c2)cc1)[C@H](COC(=O)NC1(C(F)(F)F)CC1)c1ccc(Cl)c(-c2ncn[nH]2)c1)C(F)(F)F. The number of guanidine groups is 1. The maximum atomic E-state index is 14.5. The number of rotatable bonds is 12. The largest absolute Gasteiger partial charge is 0.447 e. The Kier molecular flexibility index (Phi) is 10.4. The second-order valence-corrected chi connectivity index (χ2v) is 14.4. The number of hydrogen-bond acceptors (Lipinski definition) is 7. The molecule has 19 heteroatoms. The highest BCUT2D eigenvalue weighted by Gasteiger charge is 2.64. The standard InChI is InChI=1S/C35H36ClF6N9O3/c1-32(2,34(37,38)39)13-14-44-30(43)51(29(52)21-5-3-20(4-6-21)23-16-47-50(17-23)24-8-9-24)27(18-54-31(53)48-33(11-12-33)35(40,41)42)22-7-10-26(36)25(15-22)28-45-19-46-49-28/h3-7,10,15-17,19,24,27H,8-9,11-14,18H2,1-2H3,(H2,43,44)(H,48,53)(H,45,46,49)/t27-/m1/s1. The molecule has 12 nitrogen and oxygen atoms in total. The molecule has 54 heavy (non-hydrogen) atoms. The van der Waals surface area contributed by atoms with E-state index in [1.54, 1.807) is 18.3 Å². The number of alkyl halides is 6. The minimum Gasteiger partial charge on any atom is -0.447 e. The van der Waals surface area contributed by atoms with Crippen molar-refractivity contribution in [3.05, 3.63) is 77.3 Å². The van der Waals surface area contributed by atoms with Crippen LogP contribution in [0.4, 0.5) is 31.1 Å². The van der Waals surface area contributed by atoms with Gasteiger partial charge < -0.3 is 15.4 Å². The quantitative estimate of drug-likeness (QED) is 0.0650. The van der Waals surface area contributed by atoms with Crippen molar-refractivity contribution in [2.45, 2.75) is 75.9 Å². The molecular weight excluding hydrogens is 744 g/mol. The molecule has 0 bridgehead atoms. The third kappa shape index (κ3) is 8.32. The highest BCUT2D eigenvalue weighted by atomic mass is 35.5. The summed E-state index contributed by atoms with van der Waals surface area (Å²) in [5.41, 5.74) is -2.56. The lowest BCUT2D eigenvalue weighted by Gasteiger charge is -2.34. The van der Waals surface area contributed by atoms with Crippen LogP contribution in [0.1, 0.15) is 74.0 Å². The van der Waals surface area contributed by atoms with Gasteiger partial charge in [-0.15, -0.1) is 0 Å². The van der Waals surface area contributed by atoms with Crippen molar-refractivity contribution in [1.29, 1.82) is 5.41 Å². The predicted octanol–water partition coefficient (Wildman–Crippen LogP) is 7.83. The van der Waals surface area contributed by atoms with Crippen LogP contribution in [-0.4, -0.2) is 78.9 Å². The van der Waals surface area contributed by atoms with E-state index in [-0.39, 0.29) is 40.4 Å². The monoisotopic (exact) mass is 779 g/mol. The molecule has 2 aromatic heterocycles. The van der Waals surface area contributed by atoms with Crippen molar-refractivity contribution in [3.8, 4) is 22.5 Å². The zero-order chi connectivity index (χ0) is 39.1. The number of halogens is 7. The molecule has 2 amide bonds. The summed E-state index contributed by atoms with van der Waals surface area (Å²) in [5, 5.41) is 24.5. The first kappa shape index (κ1) is 38.6. The Morgan fingerprint density at radius 1 is 1.09 bits per heavy atom. The average molecular weight is 780 g/mol. The molecule has 2 saturated carbocycles. The molecule has 4 N–H and O–H groups in total. The molecule has 1 atom stereocenters. The van der Waals surface area contributed by atoms with Gasteiger partial charge in [0.1, 0.15) is 18.5 Å². The number of amides is 2. The summed E-state index contributed by atoms with van der Waals surface area (Å²) < 4.78 is 89.2. The summed E-state index contributed by atoms with van der Waals surface area (Å²) in [6.45, 7) is 0.822. The Hall–Kier alpha value is -5.13. The molecule has 0 aliphatic heterocycles. The van der Waals surface area contributed by atoms with E-state index in [1.165, 1.54) is 36.7 Å². The van der Waals surface area contributed by atoms with Crippen LogP contribution in [0.3, 0.4) is 0 Å². The van der Waals surface area contributed by atoms with Gasteiger partial charge in [-0.1, -0.05) is 43.6 Å². The van der Waals surface area contributed by atoms with E-state index >= 15 is 0 Å². The third-order valence-electron chi connectivity index (χ3n) is 9.62. The first-order valence-electron chi connectivity index (χ1n) is 16.9. The Morgan fingerprint density at radius 3 is 2.39 bits per heavy atom. The maximum absolute atomic E-state index is 14.5. The molecule has 0 saturated heterocycles. The first-order chi connectivity index (χ1) is 25.4. The molecule has 2 aliphatic carbocycles.